The van der Waals surface area contributed by atoms with Crippen molar-refractivity contribution in [2.75, 3.05) is 13.1 Å². The molecule has 3 heterocycles. The van der Waals surface area contributed by atoms with Gasteiger partial charge >= 0.3 is 5.97 Å². The van der Waals surface area contributed by atoms with Crippen LogP contribution >= 0.6 is 23.7 Å². The van der Waals surface area contributed by atoms with E-state index in [1.165, 1.54) is 63.6 Å². The zero-order valence-electron chi connectivity index (χ0n) is 20.2. The molecular weight excluding hydrogens is 492 g/mol. The molecular formula is C28H31ClN4O2S. The topological polar surface area (TPSA) is 70.7 Å². The Labute approximate surface area is 221 Å². The lowest BCUT2D eigenvalue weighted by Crippen LogP contribution is -2.41. The summed E-state index contributed by atoms with van der Waals surface area (Å²) in [4.78, 5) is 19.4. The normalized spacial score (nSPS) is 17.8. The minimum atomic E-state index is -0.926. The summed E-state index contributed by atoms with van der Waals surface area (Å²) in [5.41, 5.74) is 4.52. The predicted octanol–water partition coefficient (Wildman–Crippen LogP) is 6.76. The van der Waals surface area contributed by atoms with Gasteiger partial charge in [-0.2, -0.15) is 5.10 Å². The molecule has 0 bridgehead atoms. The van der Waals surface area contributed by atoms with Crippen LogP contribution in [0, 0.1) is 0 Å². The number of nitrogens with zero attached hydrogens (tertiary/aromatic N) is 4. The van der Waals surface area contributed by atoms with E-state index in [0.717, 1.165) is 32.8 Å². The Morgan fingerprint density at radius 2 is 1.56 bits per heavy atom. The quantitative estimate of drug-likeness (QED) is 0.313. The van der Waals surface area contributed by atoms with Crippen molar-refractivity contribution in [3.63, 3.8) is 0 Å². The smallest absolute Gasteiger partial charge is 0.335 e. The summed E-state index contributed by atoms with van der Waals surface area (Å²) < 4.78 is 1.81. The summed E-state index contributed by atoms with van der Waals surface area (Å²) in [5.74, 6) is -0.267. The third-order valence-corrected chi connectivity index (χ3v) is 8.69. The second-order valence-electron chi connectivity index (χ2n) is 9.87. The van der Waals surface area contributed by atoms with Crippen molar-refractivity contribution in [2.45, 2.75) is 56.9 Å². The lowest BCUT2D eigenvalue weighted by molar-refractivity contribution is 0.0697. The second kappa shape index (κ2) is 10.7. The molecule has 36 heavy (non-hydrogen) atoms. The molecule has 0 unspecified atom stereocenters. The molecule has 6 nitrogen and oxygen atoms in total. The van der Waals surface area contributed by atoms with Gasteiger partial charge in [-0.05, 0) is 62.4 Å². The van der Waals surface area contributed by atoms with Crippen LogP contribution in [-0.4, -0.2) is 49.7 Å². The van der Waals surface area contributed by atoms with E-state index in [1.54, 1.807) is 35.6 Å². The minimum absolute atomic E-state index is 0. The van der Waals surface area contributed by atoms with Crippen molar-refractivity contribution in [3.05, 3.63) is 65.9 Å². The molecule has 0 spiro atoms. The number of aromatic nitrogens is 3. The minimum Gasteiger partial charge on any atom is -0.478 e. The fourth-order valence-electron chi connectivity index (χ4n) is 5.68. The van der Waals surface area contributed by atoms with Crippen molar-refractivity contribution in [2.24, 2.45) is 0 Å². The highest BCUT2D eigenvalue weighted by Crippen LogP contribution is 2.34. The largest absolute Gasteiger partial charge is 0.478 e. The number of fused-ring (bicyclic) bond motifs is 1. The number of carboxylic acids is 1. The Bertz CT molecular complexity index is 1290. The van der Waals surface area contributed by atoms with Crippen LogP contribution in [0.5, 0.6) is 0 Å². The van der Waals surface area contributed by atoms with Crippen LogP contribution in [0.25, 0.3) is 26.8 Å². The third kappa shape index (κ3) is 5.05. The molecule has 1 aliphatic carbocycles. The van der Waals surface area contributed by atoms with Crippen molar-refractivity contribution < 1.29 is 9.90 Å². The SMILES string of the molecule is Cl.O=C(O)c1ccc(-c2cn3nc(-c4ccc(C5CCN(C6CCCCC6)CC5)cc4)sc3n2)cc1. The first kappa shape index (κ1) is 24.9. The third-order valence-electron chi connectivity index (χ3n) is 7.72. The highest BCUT2D eigenvalue weighted by atomic mass is 35.5. The first-order valence-corrected chi connectivity index (χ1v) is 13.5. The highest BCUT2D eigenvalue weighted by molar-refractivity contribution is 7.19. The van der Waals surface area contributed by atoms with Gasteiger partial charge in [0.15, 0.2) is 0 Å². The fraction of sp³-hybridized carbons (Fsp3) is 0.393. The van der Waals surface area contributed by atoms with Gasteiger partial charge in [0.05, 0.1) is 17.5 Å². The van der Waals surface area contributed by atoms with E-state index in [2.05, 4.69) is 29.2 Å². The molecule has 2 fully saturated rings. The molecule has 1 saturated carbocycles. The van der Waals surface area contributed by atoms with E-state index in [0.29, 0.717) is 5.92 Å². The number of carbonyl (C=O) groups is 1. The van der Waals surface area contributed by atoms with Crippen molar-refractivity contribution in [3.8, 4) is 21.8 Å². The molecule has 2 aromatic heterocycles. The highest BCUT2D eigenvalue weighted by Gasteiger charge is 2.26. The lowest BCUT2D eigenvalue weighted by atomic mass is 9.86. The van der Waals surface area contributed by atoms with Gasteiger partial charge in [0, 0.05) is 17.2 Å². The zero-order chi connectivity index (χ0) is 23.8. The van der Waals surface area contributed by atoms with Gasteiger partial charge in [-0.3, -0.25) is 0 Å². The molecule has 0 atom stereocenters. The lowest BCUT2D eigenvalue weighted by Gasteiger charge is -2.39. The first-order valence-electron chi connectivity index (χ1n) is 12.7. The molecule has 1 saturated heterocycles. The van der Waals surface area contributed by atoms with Gasteiger partial charge in [-0.1, -0.05) is 67.0 Å². The monoisotopic (exact) mass is 522 g/mol. The van der Waals surface area contributed by atoms with Crippen molar-refractivity contribution in [1.82, 2.24) is 19.5 Å². The van der Waals surface area contributed by atoms with Gasteiger partial charge in [0.25, 0.3) is 0 Å². The number of imidazole rings is 1. The van der Waals surface area contributed by atoms with Crippen LogP contribution in [0.4, 0.5) is 0 Å². The summed E-state index contributed by atoms with van der Waals surface area (Å²) in [5, 5.41) is 14.8. The average molecular weight is 523 g/mol. The number of halogens is 1. The summed E-state index contributed by atoms with van der Waals surface area (Å²) in [6.45, 7) is 2.48. The summed E-state index contributed by atoms with van der Waals surface area (Å²) in [7, 11) is 0. The number of benzene rings is 2. The van der Waals surface area contributed by atoms with E-state index in [9.17, 15) is 4.79 Å². The van der Waals surface area contributed by atoms with Crippen LogP contribution in [-0.2, 0) is 0 Å². The Hall–Kier alpha value is -2.74. The molecule has 8 heteroatoms. The number of piperidine rings is 1. The van der Waals surface area contributed by atoms with Crippen molar-refractivity contribution >= 4 is 34.7 Å². The van der Waals surface area contributed by atoms with E-state index in [-0.39, 0.29) is 18.0 Å². The first-order chi connectivity index (χ1) is 17.1. The molecule has 6 rings (SSSR count). The Morgan fingerprint density at radius 3 is 2.19 bits per heavy atom. The second-order valence-corrected chi connectivity index (χ2v) is 10.8. The maximum atomic E-state index is 11.1. The Balaban J connectivity index is 0.00000267. The fourth-order valence-corrected chi connectivity index (χ4v) is 6.57. The molecule has 188 valence electrons. The predicted molar refractivity (Wildman–Crippen MR) is 146 cm³/mol. The van der Waals surface area contributed by atoms with Crippen LogP contribution in [0.3, 0.4) is 0 Å². The zero-order valence-corrected chi connectivity index (χ0v) is 21.8. The Kier molecular flexibility index (Phi) is 7.42. The number of rotatable bonds is 5. The molecule has 0 radical (unpaired) electrons. The molecule has 1 N–H and O–H groups in total. The van der Waals surface area contributed by atoms with E-state index in [1.807, 2.05) is 10.7 Å². The number of likely N-dealkylation sites (tertiary alicyclic amines) is 1. The molecule has 4 aromatic rings. The number of hydrogen-bond acceptors (Lipinski definition) is 5. The maximum absolute atomic E-state index is 11.1. The summed E-state index contributed by atoms with van der Waals surface area (Å²) in [6, 6.07) is 16.6. The van der Waals surface area contributed by atoms with E-state index in [4.69, 9.17) is 15.2 Å². The average Bonchev–Trinajstić information content (AvgIpc) is 3.49. The maximum Gasteiger partial charge on any atom is 0.335 e. The van der Waals surface area contributed by atoms with Gasteiger partial charge in [0.1, 0.15) is 5.01 Å². The molecule has 2 aliphatic rings. The summed E-state index contributed by atoms with van der Waals surface area (Å²) >= 11 is 1.57. The molecule has 2 aromatic carbocycles. The van der Waals surface area contributed by atoms with Gasteiger partial charge in [0.2, 0.25) is 4.96 Å². The van der Waals surface area contributed by atoms with Crippen LogP contribution in [0.1, 0.15) is 66.8 Å². The van der Waals surface area contributed by atoms with E-state index >= 15 is 0 Å². The molecule has 0 amide bonds. The number of aromatic carboxylic acids is 1. The van der Waals surface area contributed by atoms with Gasteiger partial charge in [-0.15, -0.1) is 12.4 Å². The summed E-state index contributed by atoms with van der Waals surface area (Å²) in [6.07, 6.45) is 11.5. The van der Waals surface area contributed by atoms with Gasteiger partial charge < -0.3 is 10.0 Å². The number of carboxylic acid groups (broad SMARTS) is 1. The van der Waals surface area contributed by atoms with Crippen LogP contribution in [0.2, 0.25) is 0 Å². The molecule has 1 aliphatic heterocycles. The number of hydrogen-bond donors (Lipinski definition) is 1. The van der Waals surface area contributed by atoms with Crippen LogP contribution in [0.15, 0.2) is 54.7 Å². The van der Waals surface area contributed by atoms with Crippen LogP contribution < -0.4 is 0 Å². The van der Waals surface area contributed by atoms with E-state index < -0.39 is 5.97 Å². The Morgan fingerprint density at radius 1 is 0.889 bits per heavy atom. The van der Waals surface area contributed by atoms with Gasteiger partial charge in [-0.25, -0.2) is 14.3 Å². The standard InChI is InChI=1S/C28H30N4O2S.ClH/c33-27(34)23-12-8-21(9-13-23)25-18-32-28(29-25)35-26(30-32)22-10-6-19(7-11-22)20-14-16-31(17-15-20)24-4-2-1-3-5-24;/h6-13,18,20,24H,1-5,14-17H2,(H,33,34);1H. The van der Waals surface area contributed by atoms with Crippen molar-refractivity contribution in [1.29, 1.82) is 0 Å².